The molecule has 4 nitrogen and oxygen atoms in total. The molecule has 0 bridgehead atoms. The summed E-state index contributed by atoms with van der Waals surface area (Å²) < 4.78 is 33.9. The molecule has 0 aliphatic carbocycles. The number of imidazole rings is 1. The molecule has 1 aromatic carbocycles. The average molecular weight is 283 g/mol. The highest BCUT2D eigenvalue weighted by Gasteiger charge is 2.13. The van der Waals surface area contributed by atoms with E-state index in [4.69, 9.17) is 10.5 Å². The molecular weight excluding hydrogens is 264 g/mol. The minimum atomic E-state index is -0.703. The van der Waals surface area contributed by atoms with Gasteiger partial charge in [0.1, 0.15) is 11.3 Å². The second-order valence-corrected chi connectivity index (χ2v) is 5.17. The Bertz CT molecular complexity index is 596. The first-order valence-corrected chi connectivity index (χ1v) is 6.67. The zero-order valence-corrected chi connectivity index (χ0v) is 11.7. The SMILES string of the molecule is CC(C)CCOCCn1c(N)nc2c(F)cc(F)cc21. The van der Waals surface area contributed by atoms with E-state index >= 15 is 0 Å². The van der Waals surface area contributed by atoms with Gasteiger partial charge in [-0.3, -0.25) is 0 Å². The summed E-state index contributed by atoms with van der Waals surface area (Å²) in [6, 6.07) is 2.04. The first-order chi connectivity index (χ1) is 9.49. The highest BCUT2D eigenvalue weighted by atomic mass is 19.1. The van der Waals surface area contributed by atoms with Gasteiger partial charge in [0.15, 0.2) is 5.82 Å². The van der Waals surface area contributed by atoms with Crippen molar-refractivity contribution in [2.75, 3.05) is 18.9 Å². The van der Waals surface area contributed by atoms with Crippen LogP contribution in [0.15, 0.2) is 12.1 Å². The minimum absolute atomic E-state index is 0.0890. The van der Waals surface area contributed by atoms with Gasteiger partial charge in [0, 0.05) is 25.3 Å². The lowest BCUT2D eigenvalue weighted by Crippen LogP contribution is -2.10. The van der Waals surface area contributed by atoms with Crippen LogP contribution in [0, 0.1) is 17.6 Å². The summed E-state index contributed by atoms with van der Waals surface area (Å²) in [7, 11) is 0. The maximum absolute atomic E-state index is 13.6. The first-order valence-electron chi connectivity index (χ1n) is 6.67. The molecule has 0 radical (unpaired) electrons. The molecule has 6 heteroatoms. The highest BCUT2D eigenvalue weighted by molar-refractivity contribution is 5.79. The Kier molecular flexibility index (Phi) is 4.54. The van der Waals surface area contributed by atoms with Crippen molar-refractivity contribution in [3.8, 4) is 0 Å². The number of hydrogen-bond donors (Lipinski definition) is 1. The predicted octanol–water partition coefficient (Wildman–Crippen LogP) is 2.96. The van der Waals surface area contributed by atoms with E-state index < -0.39 is 11.6 Å². The van der Waals surface area contributed by atoms with E-state index in [2.05, 4.69) is 18.8 Å². The van der Waals surface area contributed by atoms with Crippen LogP contribution in [0.25, 0.3) is 11.0 Å². The lowest BCUT2D eigenvalue weighted by atomic mass is 10.1. The Labute approximate surface area is 116 Å². The molecule has 2 rings (SSSR count). The quantitative estimate of drug-likeness (QED) is 0.829. The second-order valence-electron chi connectivity index (χ2n) is 5.17. The van der Waals surface area contributed by atoms with Gasteiger partial charge in [0.05, 0.1) is 12.1 Å². The van der Waals surface area contributed by atoms with Gasteiger partial charge < -0.3 is 15.0 Å². The normalized spacial score (nSPS) is 11.7. The van der Waals surface area contributed by atoms with Gasteiger partial charge in [-0.2, -0.15) is 0 Å². The van der Waals surface area contributed by atoms with Gasteiger partial charge in [0.25, 0.3) is 0 Å². The van der Waals surface area contributed by atoms with E-state index in [9.17, 15) is 8.78 Å². The standard InChI is InChI=1S/C14H19F2N3O/c1-9(2)3-5-20-6-4-19-12-8-10(15)7-11(16)13(12)18-14(19)17/h7-9H,3-6H2,1-2H3,(H2,17,18). The predicted molar refractivity (Wildman–Crippen MR) is 74.3 cm³/mol. The Morgan fingerprint density at radius 1 is 1.30 bits per heavy atom. The van der Waals surface area contributed by atoms with E-state index in [-0.39, 0.29) is 11.5 Å². The van der Waals surface area contributed by atoms with Crippen molar-refractivity contribution in [1.82, 2.24) is 9.55 Å². The molecule has 0 saturated carbocycles. The summed E-state index contributed by atoms with van der Waals surface area (Å²) in [5.74, 6) is -0.600. The number of fused-ring (bicyclic) bond motifs is 1. The first kappa shape index (κ1) is 14.7. The molecule has 2 aromatic rings. The number of nitrogens with two attached hydrogens (primary N) is 1. The van der Waals surface area contributed by atoms with Crippen molar-refractivity contribution in [1.29, 1.82) is 0 Å². The number of hydrogen-bond acceptors (Lipinski definition) is 3. The molecular formula is C14H19F2N3O. The number of rotatable bonds is 6. The third kappa shape index (κ3) is 3.25. The summed E-state index contributed by atoms with van der Waals surface area (Å²) in [6.45, 7) is 5.75. The third-order valence-corrected chi connectivity index (χ3v) is 3.10. The van der Waals surface area contributed by atoms with E-state index in [0.717, 1.165) is 12.5 Å². The molecule has 0 unspecified atom stereocenters. The molecule has 20 heavy (non-hydrogen) atoms. The largest absolute Gasteiger partial charge is 0.380 e. The molecule has 0 atom stereocenters. The smallest absolute Gasteiger partial charge is 0.201 e. The van der Waals surface area contributed by atoms with Crippen LogP contribution in [0.1, 0.15) is 20.3 Å². The Morgan fingerprint density at radius 3 is 2.75 bits per heavy atom. The topological polar surface area (TPSA) is 53.1 Å². The van der Waals surface area contributed by atoms with Crippen molar-refractivity contribution in [2.45, 2.75) is 26.8 Å². The van der Waals surface area contributed by atoms with Crippen molar-refractivity contribution in [3.63, 3.8) is 0 Å². The summed E-state index contributed by atoms with van der Waals surface area (Å²) >= 11 is 0. The van der Waals surface area contributed by atoms with Gasteiger partial charge in [-0.15, -0.1) is 0 Å². The monoisotopic (exact) mass is 283 g/mol. The molecule has 0 saturated heterocycles. The van der Waals surface area contributed by atoms with Gasteiger partial charge in [0.2, 0.25) is 5.95 Å². The fraction of sp³-hybridized carbons (Fsp3) is 0.500. The molecule has 110 valence electrons. The van der Waals surface area contributed by atoms with Gasteiger partial charge in [-0.25, -0.2) is 13.8 Å². The van der Waals surface area contributed by atoms with Gasteiger partial charge in [-0.05, 0) is 12.3 Å². The number of aromatic nitrogens is 2. The van der Waals surface area contributed by atoms with Crippen LogP contribution in [-0.4, -0.2) is 22.8 Å². The maximum atomic E-state index is 13.6. The Hall–Kier alpha value is -1.69. The Balaban J connectivity index is 2.08. The van der Waals surface area contributed by atoms with Crippen LogP contribution in [0.5, 0.6) is 0 Å². The third-order valence-electron chi connectivity index (χ3n) is 3.10. The van der Waals surface area contributed by atoms with E-state index in [1.54, 1.807) is 4.57 Å². The van der Waals surface area contributed by atoms with Crippen LogP contribution >= 0.6 is 0 Å². The lowest BCUT2D eigenvalue weighted by molar-refractivity contribution is 0.117. The number of halogens is 2. The number of ether oxygens (including phenoxy) is 1. The van der Waals surface area contributed by atoms with Gasteiger partial charge in [-0.1, -0.05) is 13.8 Å². The summed E-state index contributed by atoms with van der Waals surface area (Å²) in [4.78, 5) is 3.92. The maximum Gasteiger partial charge on any atom is 0.201 e. The molecule has 1 heterocycles. The second kappa shape index (κ2) is 6.17. The summed E-state index contributed by atoms with van der Waals surface area (Å²) in [6.07, 6.45) is 0.976. The van der Waals surface area contributed by atoms with Crippen LogP contribution in [0.3, 0.4) is 0 Å². The molecule has 1 aromatic heterocycles. The highest BCUT2D eigenvalue weighted by Crippen LogP contribution is 2.22. The summed E-state index contributed by atoms with van der Waals surface area (Å²) in [5, 5.41) is 0. The summed E-state index contributed by atoms with van der Waals surface area (Å²) in [5.41, 5.74) is 6.19. The molecule has 0 aliphatic heterocycles. The number of nitrogen functional groups attached to an aromatic ring is 1. The van der Waals surface area contributed by atoms with E-state index in [1.807, 2.05) is 0 Å². The van der Waals surface area contributed by atoms with Crippen LogP contribution in [0.2, 0.25) is 0 Å². The van der Waals surface area contributed by atoms with E-state index in [0.29, 0.717) is 31.2 Å². The average Bonchev–Trinajstić information content (AvgIpc) is 2.66. The van der Waals surface area contributed by atoms with Gasteiger partial charge >= 0.3 is 0 Å². The van der Waals surface area contributed by atoms with E-state index in [1.165, 1.54) is 6.07 Å². The zero-order chi connectivity index (χ0) is 14.7. The van der Waals surface area contributed by atoms with Crippen molar-refractivity contribution in [3.05, 3.63) is 23.8 Å². The molecule has 2 N–H and O–H groups in total. The molecule has 0 spiro atoms. The zero-order valence-electron chi connectivity index (χ0n) is 11.7. The fourth-order valence-corrected chi connectivity index (χ4v) is 1.98. The number of nitrogens with zero attached hydrogens (tertiary/aromatic N) is 2. The molecule has 0 fully saturated rings. The van der Waals surface area contributed by atoms with Crippen LogP contribution in [-0.2, 0) is 11.3 Å². The number of benzene rings is 1. The lowest BCUT2D eigenvalue weighted by Gasteiger charge is -2.09. The number of anilines is 1. The van der Waals surface area contributed by atoms with Crippen LogP contribution in [0.4, 0.5) is 14.7 Å². The van der Waals surface area contributed by atoms with Crippen molar-refractivity contribution < 1.29 is 13.5 Å². The molecule has 0 amide bonds. The van der Waals surface area contributed by atoms with Crippen molar-refractivity contribution >= 4 is 17.0 Å². The minimum Gasteiger partial charge on any atom is -0.380 e. The van der Waals surface area contributed by atoms with Crippen molar-refractivity contribution in [2.24, 2.45) is 5.92 Å². The van der Waals surface area contributed by atoms with Crippen LogP contribution < -0.4 is 5.73 Å². The fourth-order valence-electron chi connectivity index (χ4n) is 1.98. The molecule has 0 aliphatic rings. The Morgan fingerprint density at radius 2 is 2.05 bits per heavy atom.